The number of hydrogen-bond acceptors (Lipinski definition) is 3. The molecule has 0 amide bonds. The summed E-state index contributed by atoms with van der Waals surface area (Å²) in [4.78, 5) is 19.6. The third kappa shape index (κ3) is 3.38. The van der Waals surface area contributed by atoms with E-state index in [4.69, 9.17) is 4.74 Å². The van der Waals surface area contributed by atoms with Gasteiger partial charge in [0.2, 0.25) is 0 Å². The van der Waals surface area contributed by atoms with Crippen LogP contribution in [0.3, 0.4) is 0 Å². The van der Waals surface area contributed by atoms with Gasteiger partial charge in [-0.1, -0.05) is 26.0 Å². The quantitative estimate of drug-likeness (QED) is 0.820. The van der Waals surface area contributed by atoms with Crippen molar-refractivity contribution < 1.29 is 9.53 Å². The molecule has 0 aliphatic heterocycles. The lowest BCUT2D eigenvalue weighted by molar-refractivity contribution is -0.145. The van der Waals surface area contributed by atoms with Gasteiger partial charge in [0.05, 0.1) is 24.1 Å². The highest BCUT2D eigenvalue weighted by Crippen LogP contribution is 2.30. The van der Waals surface area contributed by atoms with E-state index in [9.17, 15) is 4.79 Å². The van der Waals surface area contributed by atoms with Gasteiger partial charge in [0, 0.05) is 6.42 Å². The number of nitrogens with zero attached hydrogens (tertiary/aromatic N) is 1. The minimum absolute atomic E-state index is 0.125. The number of imidazole rings is 1. The molecule has 1 N–H and O–H groups in total. The van der Waals surface area contributed by atoms with E-state index in [0.717, 1.165) is 29.7 Å². The molecule has 0 bridgehead atoms. The van der Waals surface area contributed by atoms with Crippen molar-refractivity contribution in [1.29, 1.82) is 0 Å². The van der Waals surface area contributed by atoms with Gasteiger partial charge < -0.3 is 9.72 Å². The van der Waals surface area contributed by atoms with Crippen LogP contribution in [0, 0.1) is 5.41 Å². The average molecular weight is 274 g/mol. The summed E-state index contributed by atoms with van der Waals surface area (Å²) in [6.07, 6.45) is 2.08. The molecule has 2 aromatic rings. The Kier molecular flexibility index (Phi) is 4.42. The van der Waals surface area contributed by atoms with Gasteiger partial charge in [0.25, 0.3) is 0 Å². The van der Waals surface area contributed by atoms with Crippen LogP contribution in [0.25, 0.3) is 11.0 Å². The second-order valence-corrected chi connectivity index (χ2v) is 5.52. The van der Waals surface area contributed by atoms with Crippen LogP contribution in [-0.2, 0) is 16.0 Å². The van der Waals surface area contributed by atoms with Gasteiger partial charge in [0.1, 0.15) is 5.82 Å². The van der Waals surface area contributed by atoms with Crippen molar-refractivity contribution in [2.45, 2.75) is 40.0 Å². The molecule has 0 aliphatic rings. The molecule has 4 nitrogen and oxygen atoms in total. The molecule has 1 heterocycles. The SMILES string of the molecule is CCOC(=O)CC(C)(CC)Cc1nc2ccccc2[nH]1. The Bertz CT molecular complexity index is 558. The number of benzene rings is 1. The summed E-state index contributed by atoms with van der Waals surface area (Å²) in [6.45, 7) is 6.47. The number of carbonyl (C=O) groups excluding carboxylic acids is 1. The topological polar surface area (TPSA) is 55.0 Å². The molecule has 1 aromatic heterocycles. The van der Waals surface area contributed by atoms with E-state index in [1.165, 1.54) is 0 Å². The van der Waals surface area contributed by atoms with Crippen LogP contribution in [0.15, 0.2) is 24.3 Å². The summed E-state index contributed by atoms with van der Waals surface area (Å²) in [5.41, 5.74) is 1.88. The zero-order valence-corrected chi connectivity index (χ0v) is 12.4. The second kappa shape index (κ2) is 6.07. The maximum absolute atomic E-state index is 11.7. The number of carbonyl (C=O) groups is 1. The summed E-state index contributed by atoms with van der Waals surface area (Å²) in [5, 5.41) is 0. The molecule has 0 fully saturated rings. The van der Waals surface area contributed by atoms with Crippen LogP contribution < -0.4 is 0 Å². The molecular formula is C16H22N2O2. The lowest BCUT2D eigenvalue weighted by Crippen LogP contribution is -2.24. The van der Waals surface area contributed by atoms with Crippen LogP contribution in [0.4, 0.5) is 0 Å². The summed E-state index contributed by atoms with van der Waals surface area (Å²) in [7, 11) is 0. The lowest BCUT2D eigenvalue weighted by Gasteiger charge is -2.26. The first-order valence-electron chi connectivity index (χ1n) is 7.15. The van der Waals surface area contributed by atoms with E-state index in [0.29, 0.717) is 13.0 Å². The summed E-state index contributed by atoms with van der Waals surface area (Å²) < 4.78 is 5.07. The average Bonchev–Trinajstić information content (AvgIpc) is 2.80. The van der Waals surface area contributed by atoms with Gasteiger partial charge in [-0.05, 0) is 30.9 Å². The highest BCUT2D eigenvalue weighted by atomic mass is 16.5. The Morgan fingerprint density at radius 2 is 2.10 bits per heavy atom. The Morgan fingerprint density at radius 1 is 1.35 bits per heavy atom. The van der Waals surface area contributed by atoms with Gasteiger partial charge in [-0.15, -0.1) is 0 Å². The number of fused-ring (bicyclic) bond motifs is 1. The monoisotopic (exact) mass is 274 g/mol. The first-order valence-corrected chi connectivity index (χ1v) is 7.15. The van der Waals surface area contributed by atoms with E-state index in [-0.39, 0.29) is 11.4 Å². The Labute approximate surface area is 119 Å². The Hall–Kier alpha value is -1.84. The first kappa shape index (κ1) is 14.6. The van der Waals surface area contributed by atoms with E-state index < -0.39 is 0 Å². The number of nitrogens with one attached hydrogen (secondary N) is 1. The fourth-order valence-electron chi connectivity index (χ4n) is 2.37. The number of ether oxygens (including phenoxy) is 1. The fraction of sp³-hybridized carbons (Fsp3) is 0.500. The number of esters is 1. The van der Waals surface area contributed by atoms with Crippen molar-refractivity contribution in [2.24, 2.45) is 5.41 Å². The zero-order valence-electron chi connectivity index (χ0n) is 12.4. The number of aromatic amines is 1. The van der Waals surface area contributed by atoms with E-state index >= 15 is 0 Å². The van der Waals surface area contributed by atoms with Crippen LogP contribution in [0.5, 0.6) is 0 Å². The Morgan fingerprint density at radius 3 is 2.75 bits per heavy atom. The molecule has 4 heteroatoms. The molecule has 108 valence electrons. The minimum atomic E-state index is -0.132. The molecule has 1 atom stereocenters. The predicted molar refractivity (Wildman–Crippen MR) is 79.4 cm³/mol. The van der Waals surface area contributed by atoms with Crippen LogP contribution >= 0.6 is 0 Å². The van der Waals surface area contributed by atoms with Crippen molar-refractivity contribution in [1.82, 2.24) is 9.97 Å². The van der Waals surface area contributed by atoms with Crippen LogP contribution in [0.1, 0.15) is 39.4 Å². The van der Waals surface area contributed by atoms with Gasteiger partial charge in [-0.3, -0.25) is 4.79 Å². The third-order valence-corrected chi connectivity index (χ3v) is 3.76. The maximum Gasteiger partial charge on any atom is 0.306 e. The molecule has 0 aliphatic carbocycles. The Balaban J connectivity index is 2.13. The summed E-state index contributed by atoms with van der Waals surface area (Å²) >= 11 is 0. The third-order valence-electron chi connectivity index (χ3n) is 3.76. The molecule has 0 saturated carbocycles. The molecule has 1 aromatic carbocycles. The molecular weight excluding hydrogens is 252 g/mol. The van der Waals surface area contributed by atoms with Gasteiger partial charge in [-0.2, -0.15) is 0 Å². The summed E-state index contributed by atoms with van der Waals surface area (Å²) in [6, 6.07) is 7.97. The molecule has 0 radical (unpaired) electrons. The number of H-pyrrole nitrogens is 1. The number of aromatic nitrogens is 2. The normalized spacial score (nSPS) is 14.2. The number of rotatable bonds is 6. The fourth-order valence-corrected chi connectivity index (χ4v) is 2.37. The highest BCUT2D eigenvalue weighted by molar-refractivity contribution is 5.74. The van der Waals surface area contributed by atoms with Crippen molar-refractivity contribution >= 4 is 17.0 Å². The molecule has 0 spiro atoms. The van der Waals surface area contributed by atoms with Crippen molar-refractivity contribution in [3.05, 3.63) is 30.1 Å². The molecule has 2 rings (SSSR count). The zero-order chi connectivity index (χ0) is 14.6. The van der Waals surface area contributed by atoms with Gasteiger partial charge in [-0.25, -0.2) is 4.98 Å². The molecule has 1 unspecified atom stereocenters. The van der Waals surface area contributed by atoms with Crippen molar-refractivity contribution in [3.63, 3.8) is 0 Å². The van der Waals surface area contributed by atoms with Crippen LogP contribution in [0.2, 0.25) is 0 Å². The number of hydrogen-bond donors (Lipinski definition) is 1. The minimum Gasteiger partial charge on any atom is -0.466 e. The highest BCUT2D eigenvalue weighted by Gasteiger charge is 2.28. The first-order chi connectivity index (χ1) is 9.56. The van der Waals surface area contributed by atoms with Gasteiger partial charge >= 0.3 is 5.97 Å². The largest absolute Gasteiger partial charge is 0.466 e. The van der Waals surface area contributed by atoms with E-state index in [1.807, 2.05) is 31.2 Å². The predicted octanol–water partition coefficient (Wildman–Crippen LogP) is 3.47. The van der Waals surface area contributed by atoms with E-state index in [1.54, 1.807) is 0 Å². The van der Waals surface area contributed by atoms with Crippen LogP contribution in [-0.4, -0.2) is 22.5 Å². The van der Waals surface area contributed by atoms with Crippen molar-refractivity contribution in [3.8, 4) is 0 Å². The molecule has 20 heavy (non-hydrogen) atoms. The van der Waals surface area contributed by atoms with Crippen molar-refractivity contribution in [2.75, 3.05) is 6.61 Å². The summed E-state index contributed by atoms with van der Waals surface area (Å²) in [5.74, 6) is 0.799. The molecule has 0 saturated heterocycles. The maximum atomic E-state index is 11.7. The smallest absolute Gasteiger partial charge is 0.306 e. The van der Waals surface area contributed by atoms with E-state index in [2.05, 4.69) is 23.8 Å². The van der Waals surface area contributed by atoms with Gasteiger partial charge in [0.15, 0.2) is 0 Å². The lowest BCUT2D eigenvalue weighted by atomic mass is 9.80. The second-order valence-electron chi connectivity index (χ2n) is 5.52. The standard InChI is InChI=1S/C16H22N2O2/c1-4-16(3,11-15(19)20-5-2)10-14-17-12-8-6-7-9-13(12)18-14/h6-9H,4-5,10-11H2,1-3H3,(H,17,18). The number of para-hydroxylation sites is 2.